The zero-order valence-electron chi connectivity index (χ0n) is 29.2. The molecule has 0 N–H and O–H groups in total. The average Bonchev–Trinajstić information content (AvgIpc) is 3.24. The minimum atomic E-state index is -1.96. The van der Waals surface area contributed by atoms with Gasteiger partial charge in [0.15, 0.2) is 0 Å². The molecule has 0 unspecified atom stereocenters. The number of rotatable bonds is 11. The van der Waals surface area contributed by atoms with E-state index in [1.807, 2.05) is 0 Å². The zero-order chi connectivity index (χ0) is 35.1. The van der Waals surface area contributed by atoms with Crippen molar-refractivity contribution in [2.75, 3.05) is 0 Å². The van der Waals surface area contributed by atoms with Crippen molar-refractivity contribution in [3.8, 4) is 11.1 Å². The predicted octanol–water partition coefficient (Wildman–Crippen LogP) is 10.3. The van der Waals surface area contributed by atoms with Crippen molar-refractivity contribution in [1.29, 1.82) is 0 Å². The molecule has 0 aliphatic heterocycles. The van der Waals surface area contributed by atoms with E-state index in [1.54, 1.807) is 0 Å². The molecule has 0 aromatic heterocycles. The van der Waals surface area contributed by atoms with Crippen molar-refractivity contribution in [1.82, 2.24) is 0 Å². The lowest BCUT2D eigenvalue weighted by Gasteiger charge is -2.28. The molecule has 0 amide bonds. The highest BCUT2D eigenvalue weighted by molar-refractivity contribution is 7.95. The van der Waals surface area contributed by atoms with E-state index in [4.69, 9.17) is 0 Å². The quantitative estimate of drug-likeness (QED) is 0.118. The molecule has 8 aromatic carbocycles. The average molecular weight is 705 g/mol. The summed E-state index contributed by atoms with van der Waals surface area (Å²) in [5.41, 5.74) is 5.20. The van der Waals surface area contributed by atoms with E-state index < -0.39 is 14.5 Å². The maximum atomic E-state index is 2.35. The highest BCUT2D eigenvalue weighted by Crippen LogP contribution is 2.59. The Hall–Kier alpha value is -5.38. The van der Waals surface area contributed by atoms with Crippen molar-refractivity contribution in [3.05, 3.63) is 242 Å². The van der Waals surface area contributed by atoms with Crippen LogP contribution in [0.3, 0.4) is 0 Å². The number of benzene rings is 8. The van der Waals surface area contributed by atoms with Crippen LogP contribution >= 0.6 is 14.5 Å². The first-order valence-corrected chi connectivity index (χ1v) is 22.0. The molecule has 0 atom stereocenters. The van der Waals surface area contributed by atoms with Gasteiger partial charge in [0.2, 0.25) is 0 Å². The molecular formula is C50H42P2+2. The van der Waals surface area contributed by atoms with Crippen molar-refractivity contribution >= 4 is 46.4 Å². The van der Waals surface area contributed by atoms with Gasteiger partial charge in [-0.1, -0.05) is 158 Å². The Bertz CT molecular complexity index is 1930. The molecule has 2 heteroatoms. The van der Waals surface area contributed by atoms with Crippen LogP contribution in [0, 0.1) is 0 Å². The van der Waals surface area contributed by atoms with Crippen LogP contribution in [-0.4, -0.2) is 0 Å². The normalized spacial score (nSPS) is 11.6. The van der Waals surface area contributed by atoms with E-state index in [0.29, 0.717) is 0 Å². The highest BCUT2D eigenvalue weighted by Gasteiger charge is 2.46. The first-order valence-electron chi connectivity index (χ1n) is 18.0. The second kappa shape index (κ2) is 15.5. The molecule has 0 bridgehead atoms. The van der Waals surface area contributed by atoms with Crippen LogP contribution in [0.2, 0.25) is 0 Å². The smallest absolute Gasteiger partial charge is 0.0620 e. The van der Waals surface area contributed by atoms with Gasteiger partial charge in [-0.05, 0) is 95.1 Å². The number of hydrogen-bond donors (Lipinski definition) is 0. The van der Waals surface area contributed by atoms with Gasteiger partial charge in [0.1, 0.15) is 46.4 Å². The van der Waals surface area contributed by atoms with E-state index in [0.717, 1.165) is 12.3 Å². The fourth-order valence-corrected chi connectivity index (χ4v) is 16.2. The monoisotopic (exact) mass is 704 g/mol. The lowest BCUT2D eigenvalue weighted by molar-refractivity contribution is 1.37. The first kappa shape index (κ1) is 33.7. The summed E-state index contributed by atoms with van der Waals surface area (Å²) in [5.74, 6) is 0. The summed E-state index contributed by atoms with van der Waals surface area (Å²) in [6.07, 6.45) is 1.93. The molecule has 0 saturated carbocycles. The molecule has 0 nitrogen and oxygen atoms in total. The van der Waals surface area contributed by atoms with Gasteiger partial charge in [-0.3, -0.25) is 0 Å². The van der Waals surface area contributed by atoms with Crippen LogP contribution in [0.15, 0.2) is 231 Å². The summed E-state index contributed by atoms with van der Waals surface area (Å²) in [7, 11) is -3.92. The van der Waals surface area contributed by atoms with Crippen LogP contribution < -0.4 is 31.8 Å². The Balaban J connectivity index is 1.13. The summed E-state index contributed by atoms with van der Waals surface area (Å²) in [6, 6.07) is 85.6. The second-order valence-electron chi connectivity index (χ2n) is 13.3. The van der Waals surface area contributed by atoms with Crippen molar-refractivity contribution in [2.24, 2.45) is 0 Å². The van der Waals surface area contributed by atoms with Crippen LogP contribution in [0.4, 0.5) is 0 Å². The minimum absolute atomic E-state index is 0.967. The first-order chi connectivity index (χ1) is 25.8. The number of hydrogen-bond acceptors (Lipinski definition) is 0. The standard InChI is InChI=1S/C50H42P2/c1-7-19-45(20-8-1)51(46-21-9-2-10-22-46,47-23-11-3-12-24-47)39-41-31-35-43(36-32-41)44-37-33-42(34-38-44)40-52(48-25-13-4-14-26-48,49-27-15-5-16-28-49)50-29-17-6-18-30-50/h1-38H,39-40H2/q+2. The van der Waals surface area contributed by atoms with Gasteiger partial charge < -0.3 is 0 Å². The molecule has 8 rings (SSSR count). The molecule has 52 heavy (non-hydrogen) atoms. The third kappa shape index (κ3) is 6.69. The Labute approximate surface area is 310 Å². The van der Waals surface area contributed by atoms with E-state index in [-0.39, 0.29) is 0 Å². The molecule has 0 saturated heterocycles. The summed E-state index contributed by atoms with van der Waals surface area (Å²) in [6.45, 7) is 0. The fourth-order valence-electron chi connectivity index (χ4n) is 7.69. The van der Waals surface area contributed by atoms with Crippen LogP contribution in [0.5, 0.6) is 0 Å². The van der Waals surface area contributed by atoms with Gasteiger partial charge in [0, 0.05) is 0 Å². The summed E-state index contributed by atoms with van der Waals surface area (Å²) >= 11 is 0. The lowest BCUT2D eigenvalue weighted by Crippen LogP contribution is -2.32. The molecule has 250 valence electrons. The Morgan fingerprint density at radius 2 is 0.404 bits per heavy atom. The predicted molar refractivity (Wildman–Crippen MR) is 230 cm³/mol. The Morgan fingerprint density at radius 1 is 0.212 bits per heavy atom. The summed E-state index contributed by atoms with van der Waals surface area (Å²) in [5, 5.41) is 8.46. The fraction of sp³-hybridized carbons (Fsp3) is 0.0400. The zero-order valence-corrected chi connectivity index (χ0v) is 31.0. The van der Waals surface area contributed by atoms with Gasteiger partial charge in [-0.2, -0.15) is 0 Å². The highest BCUT2D eigenvalue weighted by atomic mass is 31.2. The van der Waals surface area contributed by atoms with Gasteiger partial charge in [-0.15, -0.1) is 0 Å². The van der Waals surface area contributed by atoms with Gasteiger partial charge in [0.25, 0.3) is 0 Å². The molecule has 0 fully saturated rings. The molecule has 8 aromatic rings. The van der Waals surface area contributed by atoms with Gasteiger partial charge in [0.05, 0.1) is 12.3 Å². The topological polar surface area (TPSA) is 0 Å². The second-order valence-corrected chi connectivity index (χ2v) is 20.3. The van der Waals surface area contributed by atoms with Gasteiger partial charge in [-0.25, -0.2) is 0 Å². The van der Waals surface area contributed by atoms with Gasteiger partial charge >= 0.3 is 0 Å². The van der Waals surface area contributed by atoms with Crippen molar-refractivity contribution < 1.29 is 0 Å². The maximum absolute atomic E-state index is 2.35. The summed E-state index contributed by atoms with van der Waals surface area (Å²) < 4.78 is 0. The molecule has 0 spiro atoms. The molecule has 0 aliphatic carbocycles. The van der Waals surface area contributed by atoms with Crippen molar-refractivity contribution in [2.45, 2.75) is 12.3 Å². The SMILES string of the molecule is c1ccc([P+](Cc2ccc(-c3ccc(C[P+](c4ccccc4)(c4ccccc4)c4ccccc4)cc3)cc2)(c2ccccc2)c2ccccc2)cc1. The van der Waals surface area contributed by atoms with E-state index >= 15 is 0 Å². The van der Waals surface area contributed by atoms with E-state index in [9.17, 15) is 0 Å². The minimum Gasteiger partial charge on any atom is -0.0620 e. The molecular weight excluding hydrogens is 662 g/mol. The molecule has 0 aliphatic rings. The third-order valence-electron chi connectivity index (χ3n) is 10.3. The van der Waals surface area contributed by atoms with E-state index in [2.05, 4.69) is 231 Å². The third-order valence-corrected chi connectivity index (χ3v) is 19.0. The Morgan fingerprint density at radius 3 is 0.596 bits per heavy atom. The van der Waals surface area contributed by atoms with Crippen LogP contribution in [0.25, 0.3) is 11.1 Å². The molecule has 0 radical (unpaired) electrons. The lowest BCUT2D eigenvalue weighted by atomic mass is 10.0. The van der Waals surface area contributed by atoms with Crippen molar-refractivity contribution in [3.63, 3.8) is 0 Å². The Kier molecular flexibility index (Phi) is 10.0. The summed E-state index contributed by atoms with van der Waals surface area (Å²) in [4.78, 5) is 0. The maximum Gasteiger partial charge on any atom is 0.116 e. The molecule has 0 heterocycles. The van der Waals surface area contributed by atoms with Crippen LogP contribution in [-0.2, 0) is 12.3 Å². The van der Waals surface area contributed by atoms with E-state index in [1.165, 1.54) is 54.1 Å². The van der Waals surface area contributed by atoms with Crippen LogP contribution in [0.1, 0.15) is 11.1 Å². The largest absolute Gasteiger partial charge is 0.116 e.